The Hall–Kier alpha value is -2.35. The Bertz CT molecular complexity index is 680. The number of carbonyl (C=O) groups is 1. The second-order valence-corrected chi connectivity index (χ2v) is 3.88. The predicted octanol–water partition coefficient (Wildman–Crippen LogP) is 3.91. The summed E-state index contributed by atoms with van der Waals surface area (Å²) in [6, 6.07) is 15.4. The average Bonchev–Trinajstić information content (AvgIpc) is 2.87. The molecule has 3 aromatic rings. The Labute approximate surface area is 98.5 Å². The lowest BCUT2D eigenvalue weighted by Gasteiger charge is -2.03. The largest absolute Gasteiger partial charge is 0.464 e. The number of hydrogen-bond donors (Lipinski definition) is 0. The molecule has 17 heavy (non-hydrogen) atoms. The van der Waals surface area contributed by atoms with Crippen molar-refractivity contribution in [2.75, 3.05) is 0 Å². The number of rotatable bonds is 2. The molecule has 0 N–H and O–H groups in total. The van der Waals surface area contributed by atoms with Crippen molar-refractivity contribution in [1.82, 2.24) is 0 Å². The molecule has 82 valence electrons. The number of carbonyl (C=O) groups excluding carboxylic acids is 1. The third-order valence-electron chi connectivity index (χ3n) is 2.83. The molecule has 0 radical (unpaired) electrons. The van der Waals surface area contributed by atoms with E-state index >= 15 is 0 Å². The molecule has 0 fully saturated rings. The van der Waals surface area contributed by atoms with Crippen LogP contribution < -0.4 is 0 Å². The van der Waals surface area contributed by atoms with Crippen molar-refractivity contribution >= 4 is 17.3 Å². The van der Waals surface area contributed by atoms with Crippen LogP contribution in [0.3, 0.4) is 0 Å². The average molecular weight is 222 g/mol. The van der Waals surface area contributed by atoms with E-state index in [-0.39, 0.29) is 0 Å². The van der Waals surface area contributed by atoms with Gasteiger partial charge in [0, 0.05) is 10.9 Å². The Morgan fingerprint density at radius 2 is 1.88 bits per heavy atom. The minimum atomic E-state index is 0.683. The molecule has 1 heterocycles. The van der Waals surface area contributed by atoms with Crippen LogP contribution in [0, 0.1) is 0 Å². The van der Waals surface area contributed by atoms with Crippen LogP contribution in [0.4, 0.5) is 0 Å². The molecule has 2 nitrogen and oxygen atoms in total. The smallest absolute Gasteiger partial charge is 0.150 e. The van der Waals surface area contributed by atoms with Gasteiger partial charge in [-0.3, -0.25) is 4.79 Å². The molecule has 0 aliphatic carbocycles. The zero-order valence-electron chi connectivity index (χ0n) is 9.09. The van der Waals surface area contributed by atoms with Crippen molar-refractivity contribution in [2.45, 2.75) is 0 Å². The molecule has 0 amide bonds. The van der Waals surface area contributed by atoms with Crippen LogP contribution in [-0.4, -0.2) is 6.29 Å². The highest BCUT2D eigenvalue weighted by atomic mass is 16.3. The molecule has 0 aliphatic heterocycles. The zero-order valence-corrected chi connectivity index (χ0v) is 9.09. The van der Waals surface area contributed by atoms with E-state index in [9.17, 15) is 4.79 Å². The van der Waals surface area contributed by atoms with Gasteiger partial charge in [-0.1, -0.05) is 30.3 Å². The molecule has 0 saturated heterocycles. The van der Waals surface area contributed by atoms with Crippen molar-refractivity contribution in [2.24, 2.45) is 0 Å². The van der Waals surface area contributed by atoms with Crippen molar-refractivity contribution < 1.29 is 9.21 Å². The number of hydrogen-bond acceptors (Lipinski definition) is 2. The summed E-state index contributed by atoms with van der Waals surface area (Å²) in [4.78, 5) is 10.8. The van der Waals surface area contributed by atoms with Gasteiger partial charge in [0.2, 0.25) is 0 Å². The summed E-state index contributed by atoms with van der Waals surface area (Å²) in [5.74, 6) is 0. The van der Waals surface area contributed by atoms with E-state index in [2.05, 4.69) is 0 Å². The van der Waals surface area contributed by atoms with Crippen molar-refractivity contribution in [3.8, 4) is 11.1 Å². The van der Waals surface area contributed by atoms with Gasteiger partial charge in [0.25, 0.3) is 0 Å². The highest BCUT2D eigenvalue weighted by Crippen LogP contribution is 2.29. The topological polar surface area (TPSA) is 30.2 Å². The van der Waals surface area contributed by atoms with E-state index in [1.165, 1.54) is 0 Å². The molecule has 0 unspecified atom stereocenters. The third-order valence-corrected chi connectivity index (χ3v) is 2.83. The molecule has 0 saturated carbocycles. The van der Waals surface area contributed by atoms with E-state index in [1.54, 1.807) is 12.3 Å². The summed E-state index contributed by atoms with van der Waals surface area (Å²) < 4.78 is 5.37. The normalized spacial score (nSPS) is 10.6. The summed E-state index contributed by atoms with van der Waals surface area (Å²) >= 11 is 0. The standard InChI is InChI=1S/C15H10O2/c16-10-11-3-1-4-12(9-11)13-5-2-6-15-14(13)7-8-17-15/h1-10H. The number of fused-ring (bicyclic) bond motifs is 1. The van der Waals surface area contributed by atoms with Crippen molar-refractivity contribution in [3.05, 3.63) is 60.4 Å². The number of benzene rings is 2. The van der Waals surface area contributed by atoms with E-state index in [1.807, 2.05) is 42.5 Å². The summed E-state index contributed by atoms with van der Waals surface area (Å²) in [5, 5.41) is 1.07. The molecule has 0 spiro atoms. The molecule has 1 aromatic heterocycles. The Morgan fingerprint density at radius 1 is 1.00 bits per heavy atom. The molecule has 0 bridgehead atoms. The minimum absolute atomic E-state index is 0.683. The SMILES string of the molecule is O=Cc1cccc(-c2cccc3occc23)c1. The Kier molecular flexibility index (Phi) is 2.26. The second kappa shape index (κ2) is 3.91. The van der Waals surface area contributed by atoms with Crippen molar-refractivity contribution in [1.29, 1.82) is 0 Å². The lowest BCUT2D eigenvalue weighted by atomic mass is 10.0. The van der Waals surface area contributed by atoms with Crippen LogP contribution in [0.15, 0.2) is 59.2 Å². The van der Waals surface area contributed by atoms with Gasteiger partial charge < -0.3 is 4.42 Å². The maximum Gasteiger partial charge on any atom is 0.150 e. The highest BCUT2D eigenvalue weighted by molar-refractivity contribution is 5.94. The van der Waals surface area contributed by atoms with Crippen molar-refractivity contribution in [3.63, 3.8) is 0 Å². The molecular formula is C15H10O2. The van der Waals surface area contributed by atoms with Gasteiger partial charge in [-0.25, -0.2) is 0 Å². The molecule has 2 heteroatoms. The van der Waals surface area contributed by atoms with Gasteiger partial charge in [0.15, 0.2) is 0 Å². The molecule has 3 rings (SSSR count). The first-order valence-corrected chi connectivity index (χ1v) is 5.40. The fourth-order valence-electron chi connectivity index (χ4n) is 2.03. The fourth-order valence-corrected chi connectivity index (χ4v) is 2.03. The van der Waals surface area contributed by atoms with Gasteiger partial charge in [0.1, 0.15) is 11.9 Å². The second-order valence-electron chi connectivity index (χ2n) is 3.88. The number of furan rings is 1. The maximum atomic E-state index is 10.8. The van der Waals surface area contributed by atoms with Crippen LogP contribution in [0.5, 0.6) is 0 Å². The van der Waals surface area contributed by atoms with E-state index in [0.717, 1.165) is 28.4 Å². The first kappa shape index (κ1) is 9.85. The minimum Gasteiger partial charge on any atom is -0.464 e. The molecular weight excluding hydrogens is 212 g/mol. The van der Waals surface area contributed by atoms with Crippen LogP contribution in [0.25, 0.3) is 22.1 Å². The summed E-state index contributed by atoms with van der Waals surface area (Å²) in [7, 11) is 0. The number of aldehydes is 1. The monoisotopic (exact) mass is 222 g/mol. The lowest BCUT2D eigenvalue weighted by Crippen LogP contribution is -1.82. The lowest BCUT2D eigenvalue weighted by molar-refractivity contribution is 0.112. The maximum absolute atomic E-state index is 10.8. The Balaban J connectivity index is 2.26. The summed E-state index contributed by atoms with van der Waals surface area (Å²) in [6.07, 6.45) is 2.54. The Morgan fingerprint density at radius 3 is 2.76 bits per heavy atom. The van der Waals surface area contributed by atoms with Gasteiger partial charge in [0.05, 0.1) is 6.26 Å². The highest BCUT2D eigenvalue weighted by Gasteiger charge is 2.05. The van der Waals surface area contributed by atoms with Gasteiger partial charge in [-0.2, -0.15) is 0 Å². The first-order chi connectivity index (χ1) is 8.38. The molecule has 0 aliphatic rings. The quantitative estimate of drug-likeness (QED) is 0.615. The molecule has 0 atom stereocenters. The van der Waals surface area contributed by atoms with Crippen LogP contribution in [-0.2, 0) is 0 Å². The zero-order chi connectivity index (χ0) is 11.7. The fraction of sp³-hybridized carbons (Fsp3) is 0. The first-order valence-electron chi connectivity index (χ1n) is 5.40. The van der Waals surface area contributed by atoms with E-state index in [4.69, 9.17) is 4.42 Å². The third kappa shape index (κ3) is 1.64. The van der Waals surface area contributed by atoms with Gasteiger partial charge in [-0.05, 0) is 29.3 Å². The van der Waals surface area contributed by atoms with Crippen LogP contribution >= 0.6 is 0 Å². The van der Waals surface area contributed by atoms with Gasteiger partial charge in [-0.15, -0.1) is 0 Å². The summed E-state index contributed by atoms with van der Waals surface area (Å²) in [5.41, 5.74) is 3.66. The van der Waals surface area contributed by atoms with Gasteiger partial charge >= 0.3 is 0 Å². The van der Waals surface area contributed by atoms with Crippen LogP contribution in [0.2, 0.25) is 0 Å². The molecule has 2 aromatic carbocycles. The predicted molar refractivity (Wildman–Crippen MR) is 67.0 cm³/mol. The van der Waals surface area contributed by atoms with E-state index < -0.39 is 0 Å². The summed E-state index contributed by atoms with van der Waals surface area (Å²) in [6.45, 7) is 0. The van der Waals surface area contributed by atoms with E-state index in [0.29, 0.717) is 5.56 Å². The van der Waals surface area contributed by atoms with Crippen LogP contribution in [0.1, 0.15) is 10.4 Å².